The minimum atomic E-state index is -0.173. The zero-order valence-corrected chi connectivity index (χ0v) is 15.3. The third kappa shape index (κ3) is 4.60. The lowest BCUT2D eigenvalue weighted by Gasteiger charge is -2.23. The van der Waals surface area contributed by atoms with Crippen molar-refractivity contribution in [3.8, 4) is 0 Å². The first kappa shape index (κ1) is 19.4. The highest BCUT2D eigenvalue weighted by Crippen LogP contribution is 2.33. The van der Waals surface area contributed by atoms with E-state index in [9.17, 15) is 4.79 Å². The highest BCUT2D eigenvalue weighted by molar-refractivity contribution is 5.94. The fourth-order valence-electron chi connectivity index (χ4n) is 3.47. The van der Waals surface area contributed by atoms with E-state index in [1.807, 2.05) is 43.3 Å². The smallest absolute Gasteiger partial charge is 0.241 e. The summed E-state index contributed by atoms with van der Waals surface area (Å²) in [6.07, 6.45) is 0. The molecule has 3 atom stereocenters. The van der Waals surface area contributed by atoms with Gasteiger partial charge < -0.3 is 11.1 Å². The molecule has 2 aromatic rings. The van der Waals surface area contributed by atoms with Crippen LogP contribution >= 0.6 is 12.4 Å². The van der Waals surface area contributed by atoms with Crippen molar-refractivity contribution in [3.63, 3.8) is 0 Å². The lowest BCUT2D eigenvalue weighted by Crippen LogP contribution is -2.41. The zero-order valence-electron chi connectivity index (χ0n) is 14.5. The molecule has 0 saturated carbocycles. The molecule has 0 bridgehead atoms. The number of hydrogen-bond acceptors (Lipinski definition) is 3. The number of nitrogens with one attached hydrogen (secondary N) is 1. The highest BCUT2D eigenvalue weighted by atomic mass is 35.5. The van der Waals surface area contributed by atoms with E-state index in [1.54, 1.807) is 0 Å². The first-order valence-electron chi connectivity index (χ1n) is 8.54. The standard InChI is InChI=1S/C20H25N3O.ClH/c1-15(20(24)22-18-10-6-3-7-11-18)23-13-17(12-21)19(14-23)16-8-4-2-5-9-16;/h2-11,15,17,19H,12-14,21H2,1H3,(H,22,24);1H/t15?,17-,19+;/m1./s1. The van der Waals surface area contributed by atoms with Crippen LogP contribution in [0, 0.1) is 5.92 Å². The number of nitrogens with zero attached hydrogens (tertiary/aromatic N) is 1. The Labute approximate surface area is 155 Å². The van der Waals surface area contributed by atoms with Crippen molar-refractivity contribution in [1.29, 1.82) is 0 Å². The first-order chi connectivity index (χ1) is 11.7. The number of para-hydroxylation sites is 1. The van der Waals surface area contributed by atoms with E-state index in [0.29, 0.717) is 18.4 Å². The van der Waals surface area contributed by atoms with Gasteiger partial charge in [0.05, 0.1) is 6.04 Å². The molecule has 1 saturated heterocycles. The summed E-state index contributed by atoms with van der Waals surface area (Å²) in [4.78, 5) is 14.8. The minimum absolute atomic E-state index is 0. The van der Waals surface area contributed by atoms with Gasteiger partial charge in [-0.3, -0.25) is 9.69 Å². The molecule has 1 aliphatic heterocycles. The summed E-state index contributed by atoms with van der Waals surface area (Å²) in [6.45, 7) is 4.34. The number of amides is 1. The number of benzene rings is 2. The summed E-state index contributed by atoms with van der Waals surface area (Å²) in [5.41, 5.74) is 8.14. The predicted octanol–water partition coefficient (Wildman–Crippen LogP) is 3.11. The van der Waals surface area contributed by atoms with Gasteiger partial charge in [0.25, 0.3) is 0 Å². The second-order valence-corrected chi connectivity index (χ2v) is 6.50. The summed E-state index contributed by atoms with van der Waals surface area (Å²) < 4.78 is 0. The molecule has 0 radical (unpaired) electrons. The lowest BCUT2D eigenvalue weighted by molar-refractivity contribution is -0.120. The Morgan fingerprint density at radius 3 is 2.32 bits per heavy atom. The molecule has 3 rings (SSSR count). The van der Waals surface area contributed by atoms with Crippen molar-refractivity contribution < 1.29 is 4.79 Å². The maximum absolute atomic E-state index is 12.6. The number of rotatable bonds is 5. The summed E-state index contributed by atoms with van der Waals surface area (Å²) in [6, 6.07) is 19.9. The second-order valence-electron chi connectivity index (χ2n) is 6.50. The van der Waals surface area contributed by atoms with Crippen molar-refractivity contribution in [2.45, 2.75) is 18.9 Å². The number of carbonyl (C=O) groups excluding carboxylic acids is 1. The van der Waals surface area contributed by atoms with Crippen LogP contribution in [0.2, 0.25) is 0 Å². The van der Waals surface area contributed by atoms with Crippen LogP contribution in [0.5, 0.6) is 0 Å². The molecule has 1 fully saturated rings. The summed E-state index contributed by atoms with van der Waals surface area (Å²) in [5.74, 6) is 0.813. The maximum atomic E-state index is 12.6. The summed E-state index contributed by atoms with van der Waals surface area (Å²) in [7, 11) is 0. The van der Waals surface area contributed by atoms with Gasteiger partial charge >= 0.3 is 0 Å². The summed E-state index contributed by atoms with van der Waals surface area (Å²) in [5, 5.41) is 2.99. The van der Waals surface area contributed by atoms with Gasteiger partial charge in [-0.05, 0) is 37.1 Å². The number of likely N-dealkylation sites (tertiary alicyclic amines) is 1. The molecular formula is C20H26ClN3O. The third-order valence-corrected chi connectivity index (χ3v) is 4.97. The van der Waals surface area contributed by atoms with Gasteiger partial charge in [0.1, 0.15) is 0 Å². The molecule has 0 aromatic heterocycles. The van der Waals surface area contributed by atoms with Gasteiger partial charge in [-0.2, -0.15) is 0 Å². The summed E-state index contributed by atoms with van der Waals surface area (Å²) >= 11 is 0. The van der Waals surface area contributed by atoms with E-state index in [0.717, 1.165) is 18.8 Å². The molecule has 0 aliphatic carbocycles. The lowest BCUT2D eigenvalue weighted by atomic mass is 9.89. The minimum Gasteiger partial charge on any atom is -0.330 e. The Kier molecular flexibility index (Phi) is 7.00. The zero-order chi connectivity index (χ0) is 16.9. The van der Waals surface area contributed by atoms with Gasteiger partial charge in [0.2, 0.25) is 5.91 Å². The molecule has 1 aliphatic rings. The first-order valence-corrected chi connectivity index (χ1v) is 8.54. The van der Waals surface area contributed by atoms with Crippen molar-refractivity contribution in [2.24, 2.45) is 11.7 Å². The molecule has 134 valence electrons. The Morgan fingerprint density at radius 2 is 1.72 bits per heavy atom. The topological polar surface area (TPSA) is 58.4 Å². The van der Waals surface area contributed by atoms with E-state index < -0.39 is 0 Å². The highest BCUT2D eigenvalue weighted by Gasteiger charge is 2.36. The van der Waals surface area contributed by atoms with Gasteiger partial charge in [-0.1, -0.05) is 48.5 Å². The second kappa shape index (κ2) is 8.99. The largest absolute Gasteiger partial charge is 0.330 e. The van der Waals surface area contributed by atoms with Crippen molar-refractivity contribution in [3.05, 3.63) is 66.2 Å². The van der Waals surface area contributed by atoms with Crippen molar-refractivity contribution >= 4 is 24.0 Å². The molecule has 1 amide bonds. The van der Waals surface area contributed by atoms with Crippen LogP contribution in [0.4, 0.5) is 5.69 Å². The van der Waals surface area contributed by atoms with Gasteiger partial charge in [-0.15, -0.1) is 12.4 Å². The maximum Gasteiger partial charge on any atom is 0.241 e. The van der Waals surface area contributed by atoms with Crippen LogP contribution in [0.15, 0.2) is 60.7 Å². The fourth-order valence-corrected chi connectivity index (χ4v) is 3.47. The van der Waals surface area contributed by atoms with Crippen molar-refractivity contribution in [2.75, 3.05) is 25.0 Å². The number of hydrogen-bond donors (Lipinski definition) is 2. The molecule has 3 N–H and O–H groups in total. The Hall–Kier alpha value is -1.88. The van der Waals surface area contributed by atoms with E-state index in [2.05, 4.69) is 34.5 Å². The number of halogens is 1. The van der Waals surface area contributed by atoms with Crippen LogP contribution < -0.4 is 11.1 Å². The van der Waals surface area contributed by atoms with Gasteiger partial charge in [0.15, 0.2) is 0 Å². The van der Waals surface area contributed by atoms with E-state index in [1.165, 1.54) is 5.56 Å². The Morgan fingerprint density at radius 1 is 1.12 bits per heavy atom. The van der Waals surface area contributed by atoms with Gasteiger partial charge in [0, 0.05) is 24.7 Å². The van der Waals surface area contributed by atoms with Crippen LogP contribution in [-0.4, -0.2) is 36.5 Å². The number of nitrogens with two attached hydrogens (primary N) is 1. The van der Waals surface area contributed by atoms with Crippen LogP contribution in [-0.2, 0) is 4.79 Å². The SMILES string of the molecule is CC(C(=O)Nc1ccccc1)N1C[C@@H](CN)[C@H](c2ccccc2)C1.Cl. The predicted molar refractivity (Wildman–Crippen MR) is 105 cm³/mol. The molecule has 1 unspecified atom stereocenters. The fraction of sp³-hybridized carbons (Fsp3) is 0.350. The molecule has 0 spiro atoms. The molecule has 4 nitrogen and oxygen atoms in total. The third-order valence-electron chi connectivity index (χ3n) is 4.97. The van der Waals surface area contributed by atoms with Gasteiger partial charge in [-0.25, -0.2) is 0 Å². The van der Waals surface area contributed by atoms with Crippen LogP contribution in [0.25, 0.3) is 0 Å². The average molecular weight is 360 g/mol. The molecule has 25 heavy (non-hydrogen) atoms. The normalized spacial score (nSPS) is 21.4. The molecule has 5 heteroatoms. The molecule has 2 aromatic carbocycles. The Bertz CT molecular complexity index is 665. The Balaban J connectivity index is 0.00000225. The quantitative estimate of drug-likeness (QED) is 0.862. The monoisotopic (exact) mass is 359 g/mol. The van der Waals surface area contributed by atoms with E-state index in [4.69, 9.17) is 5.73 Å². The van der Waals surface area contributed by atoms with E-state index >= 15 is 0 Å². The van der Waals surface area contributed by atoms with E-state index in [-0.39, 0.29) is 24.4 Å². The number of anilines is 1. The van der Waals surface area contributed by atoms with Crippen molar-refractivity contribution in [1.82, 2.24) is 4.90 Å². The average Bonchev–Trinajstić information content (AvgIpc) is 3.07. The molecule has 1 heterocycles. The van der Waals surface area contributed by atoms with Crippen LogP contribution in [0.3, 0.4) is 0 Å². The van der Waals surface area contributed by atoms with Crippen LogP contribution in [0.1, 0.15) is 18.4 Å². The number of carbonyl (C=O) groups is 1. The molecular weight excluding hydrogens is 334 g/mol.